The number of sulfonamides is 1. The zero-order chi connectivity index (χ0) is 22.6. The number of carbonyl (C=O) groups excluding carboxylic acids is 1. The Morgan fingerprint density at radius 1 is 0.906 bits per heavy atom. The van der Waals surface area contributed by atoms with Gasteiger partial charge in [0.15, 0.2) is 0 Å². The summed E-state index contributed by atoms with van der Waals surface area (Å²) in [6.45, 7) is 0.207. The maximum absolute atomic E-state index is 12.6. The summed E-state index contributed by atoms with van der Waals surface area (Å²) in [6.07, 6.45) is 1.16. The van der Waals surface area contributed by atoms with Crippen molar-refractivity contribution in [1.29, 1.82) is 0 Å². The number of hydrogen-bond donors (Lipinski definition) is 1. The Morgan fingerprint density at radius 3 is 2.16 bits per heavy atom. The molecule has 0 bridgehead atoms. The van der Waals surface area contributed by atoms with Gasteiger partial charge >= 0.3 is 0 Å². The highest BCUT2D eigenvalue weighted by atomic mass is 32.2. The van der Waals surface area contributed by atoms with Crippen LogP contribution in [-0.2, 0) is 16.6 Å². The number of nitrogens with one attached hydrogen (secondary N) is 1. The van der Waals surface area contributed by atoms with Crippen molar-refractivity contribution in [3.05, 3.63) is 96.1 Å². The van der Waals surface area contributed by atoms with Crippen LogP contribution in [0.2, 0.25) is 0 Å². The maximum atomic E-state index is 12.6. The average Bonchev–Trinajstić information content (AvgIpc) is 3.27. The molecule has 0 radical (unpaired) electrons. The lowest BCUT2D eigenvalue weighted by Crippen LogP contribution is -2.29. The molecule has 0 aliphatic heterocycles. The monoisotopic (exact) mass is 464 g/mol. The molecule has 1 amide bonds. The number of rotatable bonds is 7. The minimum Gasteiger partial charge on any atom is -0.296 e. The van der Waals surface area contributed by atoms with Crippen LogP contribution in [0.25, 0.3) is 10.6 Å². The standard InChI is InChI=1S/C23H20N4O3S2/c1-32(29,30)27(16-17-8-4-2-5-9-17)20-14-12-18(13-15-20)21(28)24-23-26-25-22(31-23)19-10-6-3-7-11-19/h2-15H,16H2,1H3,(H,24,26,28). The zero-order valence-electron chi connectivity index (χ0n) is 17.2. The van der Waals surface area contributed by atoms with Crippen molar-refractivity contribution in [3.63, 3.8) is 0 Å². The number of hydrogen-bond acceptors (Lipinski definition) is 6. The maximum Gasteiger partial charge on any atom is 0.257 e. The Balaban J connectivity index is 1.49. The van der Waals surface area contributed by atoms with Crippen LogP contribution in [0.4, 0.5) is 10.8 Å². The largest absolute Gasteiger partial charge is 0.296 e. The summed E-state index contributed by atoms with van der Waals surface area (Å²) in [5.74, 6) is -0.346. The van der Waals surface area contributed by atoms with Crippen molar-refractivity contribution < 1.29 is 13.2 Å². The fourth-order valence-corrected chi connectivity index (χ4v) is 4.70. The van der Waals surface area contributed by atoms with Gasteiger partial charge in [0, 0.05) is 11.1 Å². The van der Waals surface area contributed by atoms with Gasteiger partial charge in [-0.15, -0.1) is 10.2 Å². The summed E-state index contributed by atoms with van der Waals surface area (Å²) >= 11 is 1.28. The molecule has 32 heavy (non-hydrogen) atoms. The predicted molar refractivity (Wildman–Crippen MR) is 127 cm³/mol. The molecule has 1 heterocycles. The lowest BCUT2D eigenvalue weighted by atomic mass is 10.2. The Hall–Kier alpha value is -3.56. The van der Waals surface area contributed by atoms with Crippen molar-refractivity contribution in [1.82, 2.24) is 10.2 Å². The van der Waals surface area contributed by atoms with Crippen molar-refractivity contribution in [2.24, 2.45) is 0 Å². The lowest BCUT2D eigenvalue weighted by Gasteiger charge is -2.22. The second-order valence-corrected chi connectivity index (χ2v) is 9.92. The van der Waals surface area contributed by atoms with E-state index in [-0.39, 0.29) is 12.5 Å². The SMILES string of the molecule is CS(=O)(=O)N(Cc1ccccc1)c1ccc(C(=O)Nc2nnc(-c3ccccc3)s2)cc1. The van der Waals surface area contributed by atoms with Crippen LogP contribution in [0.1, 0.15) is 15.9 Å². The van der Waals surface area contributed by atoms with E-state index in [1.807, 2.05) is 60.7 Å². The van der Waals surface area contributed by atoms with Crippen LogP contribution in [0, 0.1) is 0 Å². The molecule has 9 heteroatoms. The van der Waals surface area contributed by atoms with Gasteiger partial charge in [-0.05, 0) is 29.8 Å². The predicted octanol–water partition coefficient (Wildman–Crippen LogP) is 4.42. The van der Waals surface area contributed by atoms with Crippen LogP contribution >= 0.6 is 11.3 Å². The van der Waals surface area contributed by atoms with Crippen molar-refractivity contribution in [2.45, 2.75) is 6.54 Å². The highest BCUT2D eigenvalue weighted by molar-refractivity contribution is 7.92. The third-order valence-electron chi connectivity index (χ3n) is 4.65. The first kappa shape index (κ1) is 21.7. The molecule has 1 N–H and O–H groups in total. The van der Waals surface area contributed by atoms with Gasteiger partial charge in [0.1, 0.15) is 5.01 Å². The summed E-state index contributed by atoms with van der Waals surface area (Å²) in [4.78, 5) is 12.6. The third kappa shape index (κ3) is 5.19. The number of carbonyl (C=O) groups is 1. The lowest BCUT2D eigenvalue weighted by molar-refractivity contribution is 0.102. The first-order valence-electron chi connectivity index (χ1n) is 9.72. The van der Waals surface area contributed by atoms with Crippen LogP contribution < -0.4 is 9.62 Å². The van der Waals surface area contributed by atoms with Crippen molar-refractivity contribution in [2.75, 3.05) is 15.9 Å². The second-order valence-electron chi connectivity index (χ2n) is 7.03. The molecule has 7 nitrogen and oxygen atoms in total. The molecule has 162 valence electrons. The molecule has 3 aromatic carbocycles. The molecule has 0 aliphatic carbocycles. The Bertz CT molecular complexity index is 1310. The quantitative estimate of drug-likeness (QED) is 0.437. The van der Waals surface area contributed by atoms with Crippen LogP contribution in [0.3, 0.4) is 0 Å². The van der Waals surface area contributed by atoms with Gasteiger partial charge in [-0.3, -0.25) is 14.4 Å². The van der Waals surface area contributed by atoms with Gasteiger partial charge < -0.3 is 0 Å². The van der Waals surface area contributed by atoms with E-state index in [0.29, 0.717) is 21.4 Å². The summed E-state index contributed by atoms with van der Waals surface area (Å²) in [7, 11) is -3.51. The van der Waals surface area contributed by atoms with Gasteiger partial charge in [0.25, 0.3) is 5.91 Å². The highest BCUT2D eigenvalue weighted by Crippen LogP contribution is 2.27. The number of anilines is 2. The van der Waals surface area contributed by atoms with Crippen LogP contribution in [0.15, 0.2) is 84.9 Å². The fourth-order valence-electron chi connectivity index (χ4n) is 3.07. The van der Waals surface area contributed by atoms with E-state index in [1.165, 1.54) is 15.6 Å². The Kier molecular flexibility index (Phi) is 6.29. The van der Waals surface area contributed by atoms with Gasteiger partial charge in [-0.25, -0.2) is 8.42 Å². The highest BCUT2D eigenvalue weighted by Gasteiger charge is 2.19. The molecule has 0 aliphatic rings. The van der Waals surface area contributed by atoms with Crippen LogP contribution in [-0.4, -0.2) is 30.8 Å². The molecular formula is C23H20N4O3S2. The summed E-state index contributed by atoms with van der Waals surface area (Å²) < 4.78 is 26.0. The second kappa shape index (κ2) is 9.29. The first-order valence-corrected chi connectivity index (χ1v) is 12.4. The minimum atomic E-state index is -3.51. The van der Waals surface area contributed by atoms with E-state index >= 15 is 0 Å². The number of aromatic nitrogens is 2. The van der Waals surface area contributed by atoms with Crippen LogP contribution in [0.5, 0.6) is 0 Å². The molecule has 1 aromatic heterocycles. The molecule has 4 rings (SSSR count). The normalized spacial score (nSPS) is 11.2. The van der Waals surface area contributed by atoms with Crippen molar-refractivity contribution >= 4 is 38.1 Å². The smallest absolute Gasteiger partial charge is 0.257 e. The molecule has 4 aromatic rings. The number of amides is 1. The van der Waals surface area contributed by atoms with E-state index in [1.54, 1.807) is 24.3 Å². The van der Waals surface area contributed by atoms with Gasteiger partial charge in [-0.2, -0.15) is 0 Å². The molecule has 0 spiro atoms. The average molecular weight is 465 g/mol. The fraction of sp³-hybridized carbons (Fsp3) is 0.0870. The van der Waals surface area contributed by atoms with E-state index in [0.717, 1.165) is 17.4 Å². The molecule has 0 saturated carbocycles. The minimum absolute atomic E-state index is 0.207. The van der Waals surface area contributed by atoms with Gasteiger partial charge in [0.2, 0.25) is 15.2 Å². The molecule has 0 saturated heterocycles. The molecular weight excluding hydrogens is 444 g/mol. The molecule has 0 unspecified atom stereocenters. The zero-order valence-corrected chi connectivity index (χ0v) is 18.8. The van der Waals surface area contributed by atoms with E-state index in [4.69, 9.17) is 0 Å². The van der Waals surface area contributed by atoms with E-state index in [2.05, 4.69) is 15.5 Å². The van der Waals surface area contributed by atoms with Gasteiger partial charge in [0.05, 0.1) is 18.5 Å². The number of benzene rings is 3. The third-order valence-corrected chi connectivity index (χ3v) is 6.68. The summed E-state index contributed by atoms with van der Waals surface area (Å²) in [5.41, 5.74) is 2.66. The molecule has 0 fully saturated rings. The van der Waals surface area contributed by atoms with Crippen molar-refractivity contribution in [3.8, 4) is 10.6 Å². The Labute approximate surface area is 190 Å². The topological polar surface area (TPSA) is 92.3 Å². The van der Waals surface area contributed by atoms with E-state index in [9.17, 15) is 13.2 Å². The Morgan fingerprint density at radius 2 is 1.53 bits per heavy atom. The first-order chi connectivity index (χ1) is 15.4. The summed E-state index contributed by atoms with van der Waals surface area (Å²) in [5, 5.41) is 12.0. The van der Waals surface area contributed by atoms with Gasteiger partial charge in [-0.1, -0.05) is 72.0 Å². The molecule has 0 atom stereocenters. The summed E-state index contributed by atoms with van der Waals surface area (Å²) in [6, 6.07) is 25.3. The van der Waals surface area contributed by atoms with E-state index < -0.39 is 10.0 Å². The number of nitrogens with zero attached hydrogens (tertiary/aromatic N) is 3.